The Morgan fingerprint density at radius 2 is 1.75 bits per heavy atom. The van der Waals surface area contributed by atoms with Crippen molar-refractivity contribution in [3.8, 4) is 0 Å². The second kappa shape index (κ2) is 13.6. The minimum Gasteiger partial charge on any atom is -0.355 e. The van der Waals surface area contributed by atoms with Gasteiger partial charge in [0.05, 0.1) is 11.5 Å². The summed E-state index contributed by atoms with van der Waals surface area (Å²) in [5, 5.41) is 8.86. The number of rotatable bonds is 14. The summed E-state index contributed by atoms with van der Waals surface area (Å²) in [6.45, 7) is 2.74. The van der Waals surface area contributed by atoms with E-state index >= 15 is 0 Å². The van der Waals surface area contributed by atoms with E-state index in [-0.39, 0.29) is 11.8 Å². The summed E-state index contributed by atoms with van der Waals surface area (Å²) in [6, 6.07) is 0. The molecular formula is C15H29N3O4S2. The van der Waals surface area contributed by atoms with Crippen molar-refractivity contribution in [2.75, 3.05) is 43.4 Å². The lowest BCUT2D eigenvalue weighted by Gasteiger charge is -2.25. The van der Waals surface area contributed by atoms with Crippen LogP contribution in [0.15, 0.2) is 0 Å². The van der Waals surface area contributed by atoms with E-state index in [9.17, 15) is 13.8 Å². The first kappa shape index (κ1) is 21.4. The second-order valence-electron chi connectivity index (χ2n) is 5.93. The van der Waals surface area contributed by atoms with E-state index in [1.165, 1.54) is 31.0 Å². The van der Waals surface area contributed by atoms with E-state index in [1.54, 1.807) is 0 Å². The fraction of sp³-hybridized carbons (Fsp3) is 0.867. The van der Waals surface area contributed by atoms with E-state index in [0.717, 1.165) is 19.5 Å². The quantitative estimate of drug-likeness (QED) is 0.256. The van der Waals surface area contributed by atoms with Crippen LogP contribution in [0.4, 0.5) is 0 Å². The zero-order valence-electron chi connectivity index (χ0n) is 14.1. The first-order valence-electron chi connectivity index (χ1n) is 8.47. The maximum absolute atomic E-state index is 11.6. The predicted octanol–water partition coefficient (Wildman–Crippen LogP) is 0.344. The number of carbonyl (C=O) groups is 2. The molecule has 0 bridgehead atoms. The molecule has 1 unspecified atom stereocenters. The highest BCUT2D eigenvalue weighted by atomic mass is 32.2. The fourth-order valence-electron chi connectivity index (χ4n) is 2.18. The van der Waals surface area contributed by atoms with Crippen LogP contribution in [-0.4, -0.2) is 64.0 Å². The van der Waals surface area contributed by atoms with Gasteiger partial charge in [-0.05, 0) is 38.1 Å². The van der Waals surface area contributed by atoms with E-state index in [0.29, 0.717) is 42.7 Å². The minimum atomic E-state index is -1.70. The van der Waals surface area contributed by atoms with Gasteiger partial charge in [-0.3, -0.25) is 9.59 Å². The number of amides is 2. The minimum absolute atomic E-state index is 0.00479. The number of hydrogen-bond acceptors (Lipinski definition) is 5. The fourth-order valence-corrected chi connectivity index (χ4v) is 3.31. The molecule has 24 heavy (non-hydrogen) atoms. The van der Waals surface area contributed by atoms with Crippen LogP contribution in [0.1, 0.15) is 32.1 Å². The molecule has 0 aliphatic heterocycles. The van der Waals surface area contributed by atoms with Crippen molar-refractivity contribution in [3.05, 3.63) is 0 Å². The molecule has 1 fully saturated rings. The molecule has 0 saturated heterocycles. The third-order valence-electron chi connectivity index (χ3n) is 3.83. The molecule has 0 radical (unpaired) electrons. The second-order valence-corrected chi connectivity index (χ2v) is 7.96. The zero-order valence-corrected chi connectivity index (χ0v) is 15.7. The highest BCUT2D eigenvalue weighted by Crippen LogP contribution is 2.25. The highest BCUT2D eigenvalue weighted by Gasteiger charge is 2.17. The van der Waals surface area contributed by atoms with E-state index in [1.807, 2.05) is 0 Å². The van der Waals surface area contributed by atoms with Gasteiger partial charge in [-0.15, -0.1) is 11.8 Å². The highest BCUT2D eigenvalue weighted by molar-refractivity contribution is 8.00. The van der Waals surface area contributed by atoms with Gasteiger partial charge in [0.1, 0.15) is 0 Å². The lowest BCUT2D eigenvalue weighted by Crippen LogP contribution is -2.35. The smallest absolute Gasteiger partial charge is 0.230 e. The Balaban J connectivity index is 1.83. The van der Waals surface area contributed by atoms with E-state index in [4.69, 9.17) is 4.55 Å². The molecule has 9 heteroatoms. The maximum Gasteiger partial charge on any atom is 0.230 e. The molecule has 0 aromatic heterocycles. The molecule has 0 spiro atoms. The van der Waals surface area contributed by atoms with Crippen molar-refractivity contribution in [2.24, 2.45) is 5.92 Å². The Labute approximate surface area is 150 Å². The van der Waals surface area contributed by atoms with Gasteiger partial charge in [0, 0.05) is 25.4 Å². The zero-order chi connectivity index (χ0) is 17.6. The Bertz CT molecular complexity index is 406. The Hall–Kier alpha value is -0.640. The monoisotopic (exact) mass is 379 g/mol. The topological polar surface area (TPSA) is 108 Å². The summed E-state index contributed by atoms with van der Waals surface area (Å²) in [5.74, 6) is 1.52. The molecule has 0 aromatic rings. The van der Waals surface area contributed by atoms with Gasteiger partial charge in [-0.25, -0.2) is 4.21 Å². The Morgan fingerprint density at radius 3 is 2.38 bits per heavy atom. The molecule has 140 valence electrons. The van der Waals surface area contributed by atoms with Gasteiger partial charge < -0.3 is 20.5 Å². The van der Waals surface area contributed by atoms with Crippen LogP contribution in [0.25, 0.3) is 0 Å². The molecule has 2 amide bonds. The average Bonchev–Trinajstić information content (AvgIpc) is 2.48. The summed E-state index contributed by atoms with van der Waals surface area (Å²) in [5.41, 5.74) is 0. The molecule has 4 N–H and O–H groups in total. The van der Waals surface area contributed by atoms with Gasteiger partial charge in [0.2, 0.25) is 11.8 Å². The number of hydrogen-bond donors (Lipinski definition) is 4. The van der Waals surface area contributed by atoms with Gasteiger partial charge in [0.25, 0.3) is 0 Å². The Kier molecular flexibility index (Phi) is 12.2. The largest absolute Gasteiger partial charge is 0.355 e. The summed E-state index contributed by atoms with van der Waals surface area (Å²) >= 11 is -0.377. The van der Waals surface area contributed by atoms with Crippen molar-refractivity contribution in [2.45, 2.75) is 32.1 Å². The van der Waals surface area contributed by atoms with Crippen LogP contribution in [0.5, 0.6) is 0 Å². The molecule has 0 heterocycles. The number of thioether (sulfide) groups is 1. The molecule has 7 nitrogen and oxygen atoms in total. The van der Waals surface area contributed by atoms with Crippen molar-refractivity contribution in [1.82, 2.24) is 16.0 Å². The molecule has 1 rings (SSSR count). The van der Waals surface area contributed by atoms with E-state index in [2.05, 4.69) is 16.0 Å². The predicted molar refractivity (Wildman–Crippen MR) is 98.4 cm³/mol. The molecule has 1 aliphatic carbocycles. The lowest BCUT2D eigenvalue weighted by atomic mass is 9.85. The van der Waals surface area contributed by atoms with Crippen LogP contribution in [0.2, 0.25) is 0 Å². The molecule has 1 atom stereocenters. The molecule has 1 saturated carbocycles. The standard InChI is InChI=1S/C15H29N3O4S2/c19-14(17-8-7-16-6-1-2-9-24(21)22)11-23-12-15(20)18-10-13-4-3-5-13/h13,16H,1-12H2,(H,17,19)(H,18,20)(H,21,22). The number of unbranched alkanes of at least 4 members (excludes halogenated alkanes) is 1. The lowest BCUT2D eigenvalue weighted by molar-refractivity contribution is -0.119. The van der Waals surface area contributed by atoms with Crippen LogP contribution >= 0.6 is 11.8 Å². The number of carbonyl (C=O) groups excluding carboxylic acids is 2. The van der Waals surface area contributed by atoms with Gasteiger partial charge in [-0.2, -0.15) is 0 Å². The van der Waals surface area contributed by atoms with Crippen molar-refractivity contribution in [1.29, 1.82) is 0 Å². The summed E-state index contributed by atoms with van der Waals surface area (Å²) < 4.78 is 19.0. The van der Waals surface area contributed by atoms with Gasteiger partial charge in [0.15, 0.2) is 11.1 Å². The summed E-state index contributed by atoms with van der Waals surface area (Å²) in [7, 11) is 0. The third-order valence-corrected chi connectivity index (χ3v) is 5.40. The Morgan fingerprint density at radius 1 is 1.04 bits per heavy atom. The summed E-state index contributed by atoms with van der Waals surface area (Å²) in [4.78, 5) is 23.2. The van der Waals surface area contributed by atoms with E-state index < -0.39 is 11.1 Å². The average molecular weight is 380 g/mol. The van der Waals surface area contributed by atoms with Gasteiger partial charge in [-0.1, -0.05) is 6.42 Å². The van der Waals surface area contributed by atoms with Crippen LogP contribution in [0, 0.1) is 5.92 Å². The van der Waals surface area contributed by atoms with Gasteiger partial charge >= 0.3 is 0 Å². The molecule has 0 aromatic carbocycles. The van der Waals surface area contributed by atoms with Crippen LogP contribution in [0.3, 0.4) is 0 Å². The van der Waals surface area contributed by atoms with Crippen molar-refractivity contribution < 1.29 is 18.4 Å². The third kappa shape index (κ3) is 11.8. The van der Waals surface area contributed by atoms with Crippen molar-refractivity contribution >= 4 is 34.7 Å². The van der Waals surface area contributed by atoms with Crippen molar-refractivity contribution in [3.63, 3.8) is 0 Å². The van der Waals surface area contributed by atoms with Crippen LogP contribution in [-0.2, 0) is 20.7 Å². The molecule has 1 aliphatic rings. The SMILES string of the molecule is O=C(CSCC(=O)NCC1CCC1)NCCNCCCCS(=O)O. The number of nitrogens with one attached hydrogen (secondary N) is 3. The normalized spacial score (nSPS) is 15.5. The molecular weight excluding hydrogens is 350 g/mol. The first-order chi connectivity index (χ1) is 11.6. The first-order valence-corrected chi connectivity index (χ1v) is 10.9. The maximum atomic E-state index is 11.6. The summed E-state index contributed by atoms with van der Waals surface area (Å²) in [6.07, 6.45) is 5.25. The van der Waals surface area contributed by atoms with Crippen LogP contribution < -0.4 is 16.0 Å².